The Morgan fingerprint density at radius 2 is 0.923 bits per heavy atom. The highest BCUT2D eigenvalue weighted by Crippen LogP contribution is 2.61. The van der Waals surface area contributed by atoms with Crippen LogP contribution in [0.3, 0.4) is 0 Å². The van der Waals surface area contributed by atoms with E-state index in [1.165, 1.54) is 128 Å². The Balaban J connectivity index is 0.885. The molecule has 0 radical (unpaired) electrons. The second kappa shape index (κ2) is 15.1. The van der Waals surface area contributed by atoms with E-state index in [9.17, 15) is 0 Å². The molecule has 320 valence electrons. The van der Waals surface area contributed by atoms with E-state index in [1.54, 1.807) is 5.56 Å². The smallest absolute Gasteiger partial charge is 0.0496 e. The lowest BCUT2D eigenvalue weighted by atomic mass is 9.48. The van der Waals surface area contributed by atoms with Crippen molar-refractivity contribution in [1.29, 1.82) is 0 Å². The summed E-state index contributed by atoms with van der Waals surface area (Å²) >= 11 is 0. The number of fused-ring (bicyclic) bond motifs is 4. The summed E-state index contributed by atoms with van der Waals surface area (Å²) in [5.74, 6) is 2.83. The number of hydrogen-bond donors (Lipinski definition) is 0. The van der Waals surface area contributed by atoms with Gasteiger partial charge in [-0.05, 0) is 209 Å². The van der Waals surface area contributed by atoms with E-state index in [0.717, 1.165) is 43.4 Å². The highest BCUT2D eigenvalue weighted by molar-refractivity contribution is 5.91. The third kappa shape index (κ3) is 6.58. The van der Waals surface area contributed by atoms with Crippen LogP contribution in [0.4, 0.5) is 34.1 Å². The Morgan fingerprint density at radius 1 is 0.400 bits per heavy atom. The largest absolute Gasteiger partial charge is 0.310 e. The monoisotopic (exact) mass is 842 g/mol. The van der Waals surface area contributed by atoms with Crippen molar-refractivity contribution in [1.82, 2.24) is 0 Å². The first-order valence-corrected chi connectivity index (χ1v) is 24.6. The van der Waals surface area contributed by atoms with Gasteiger partial charge in [0.25, 0.3) is 0 Å². The average Bonchev–Trinajstić information content (AvgIpc) is 3.55. The summed E-state index contributed by atoms with van der Waals surface area (Å²) in [6.45, 7) is 4.78. The summed E-state index contributed by atoms with van der Waals surface area (Å²) in [6.07, 6.45) is 12.4. The molecule has 8 aromatic rings. The summed E-state index contributed by atoms with van der Waals surface area (Å²) < 4.78 is 0. The van der Waals surface area contributed by atoms with Crippen LogP contribution >= 0.6 is 0 Å². The first-order chi connectivity index (χ1) is 31.8. The van der Waals surface area contributed by atoms with Gasteiger partial charge < -0.3 is 9.80 Å². The molecular weight excluding hydrogens is 785 g/mol. The van der Waals surface area contributed by atoms with Gasteiger partial charge in [0.2, 0.25) is 0 Å². The Kier molecular flexibility index (Phi) is 9.06. The molecule has 17 rings (SSSR count). The van der Waals surface area contributed by atoms with E-state index >= 15 is 0 Å². The number of aryl methyl sites for hydroxylation is 4. The Bertz CT molecular complexity index is 3080. The van der Waals surface area contributed by atoms with E-state index in [-0.39, 0.29) is 5.41 Å². The molecule has 0 N–H and O–H groups in total. The van der Waals surface area contributed by atoms with E-state index in [0.29, 0.717) is 5.41 Å². The van der Waals surface area contributed by atoms with Crippen molar-refractivity contribution in [3.05, 3.63) is 215 Å². The van der Waals surface area contributed by atoms with Crippen molar-refractivity contribution >= 4 is 44.9 Å². The molecule has 2 nitrogen and oxygen atoms in total. The molecule has 4 saturated carbocycles. The first-order valence-electron chi connectivity index (χ1n) is 24.6. The molecule has 0 atom stereocenters. The molecule has 2 heteroatoms. The molecule has 9 aliphatic carbocycles. The third-order valence-electron chi connectivity index (χ3n) is 16.8. The van der Waals surface area contributed by atoms with Crippen LogP contribution in [0.15, 0.2) is 176 Å². The minimum Gasteiger partial charge on any atom is -0.310 e. The molecule has 8 bridgehead atoms. The minimum atomic E-state index is -0.0910. The van der Waals surface area contributed by atoms with Gasteiger partial charge in [0.05, 0.1) is 0 Å². The molecule has 0 aromatic heterocycles. The lowest BCUT2D eigenvalue weighted by Crippen LogP contribution is -2.48. The fourth-order valence-corrected chi connectivity index (χ4v) is 13.9. The van der Waals surface area contributed by atoms with Crippen molar-refractivity contribution in [2.75, 3.05) is 9.80 Å². The summed E-state index contributed by atoms with van der Waals surface area (Å²) in [4.78, 5) is 5.12. The summed E-state index contributed by atoms with van der Waals surface area (Å²) in [7, 11) is 0. The maximum Gasteiger partial charge on any atom is 0.0496 e. The highest BCUT2D eigenvalue weighted by Gasteiger charge is 2.51. The molecule has 0 amide bonds. The number of anilines is 6. The number of rotatable bonds is 7. The Hall–Kier alpha value is -6.38. The van der Waals surface area contributed by atoms with E-state index in [1.807, 2.05) is 0 Å². The SMILES string of the molecule is CC1(C)c2ccccc2-c2ccc(N(c3ccc4ccccc4c3)c3cc4ccc3CCc3ccc(c(N(c5ccccc5)c5ccc(C67CC8CC(CC(C8)C6)C7)cc5)c3)CC4)cc21. The highest BCUT2D eigenvalue weighted by atomic mass is 15.2. The van der Waals surface area contributed by atoms with Gasteiger partial charge in [0.1, 0.15) is 0 Å². The van der Waals surface area contributed by atoms with Crippen molar-refractivity contribution in [3.63, 3.8) is 0 Å². The topological polar surface area (TPSA) is 6.48 Å². The van der Waals surface area contributed by atoms with Crippen molar-refractivity contribution in [3.8, 4) is 11.1 Å². The zero-order valence-electron chi connectivity index (χ0n) is 37.9. The van der Waals surface area contributed by atoms with Crippen molar-refractivity contribution in [2.45, 2.75) is 88.9 Å². The molecule has 0 aliphatic heterocycles. The van der Waals surface area contributed by atoms with Crippen LogP contribution in [-0.2, 0) is 36.5 Å². The van der Waals surface area contributed by atoms with Gasteiger partial charge in [-0.2, -0.15) is 0 Å². The maximum absolute atomic E-state index is 2.56. The van der Waals surface area contributed by atoms with E-state index in [4.69, 9.17) is 0 Å². The van der Waals surface area contributed by atoms with Crippen LogP contribution in [0, 0.1) is 17.8 Å². The average molecular weight is 843 g/mol. The molecule has 9 aliphatic rings. The first kappa shape index (κ1) is 39.0. The lowest BCUT2D eigenvalue weighted by molar-refractivity contribution is -0.00518. The Labute approximate surface area is 385 Å². The minimum absolute atomic E-state index is 0.0910. The van der Waals surface area contributed by atoms with Crippen LogP contribution in [0.2, 0.25) is 0 Å². The van der Waals surface area contributed by atoms with Crippen LogP contribution in [0.1, 0.15) is 91.3 Å². The second-order valence-electron chi connectivity index (χ2n) is 21.1. The summed E-state index contributed by atoms with van der Waals surface area (Å²) in [6, 6.07) is 67.8. The van der Waals surface area contributed by atoms with Gasteiger partial charge in [-0.3, -0.25) is 0 Å². The van der Waals surface area contributed by atoms with Gasteiger partial charge in [-0.1, -0.05) is 129 Å². The zero-order chi connectivity index (χ0) is 43.3. The van der Waals surface area contributed by atoms with Crippen molar-refractivity contribution < 1.29 is 0 Å². The van der Waals surface area contributed by atoms with Crippen molar-refractivity contribution in [2.24, 2.45) is 17.8 Å². The quantitative estimate of drug-likeness (QED) is 0.158. The molecule has 0 heterocycles. The van der Waals surface area contributed by atoms with Gasteiger partial charge in [-0.25, -0.2) is 0 Å². The molecular formula is C63H58N2. The van der Waals surface area contributed by atoms with E-state index < -0.39 is 0 Å². The van der Waals surface area contributed by atoms with Gasteiger partial charge in [-0.15, -0.1) is 0 Å². The van der Waals surface area contributed by atoms with Gasteiger partial charge in [0.15, 0.2) is 0 Å². The lowest BCUT2D eigenvalue weighted by Gasteiger charge is -2.57. The predicted molar refractivity (Wildman–Crippen MR) is 272 cm³/mol. The standard InChI is InChI=1S/C63H58N2/c1-62(2)58-15-9-8-14-56(58)57-31-30-55(38-59(57)62)65(54-27-24-47-10-6-7-11-50(47)37-54)61-36-43-17-21-48-20-16-42(18-22-49(61)23-19-43)35-60(48)64(52-12-4-3-5-13-52)53-28-25-51(26-29-53)63-39-44-32-45(40-63)34-46(33-44)41-63/h3-16,19-20,23-31,35-38,44-46H,17-18,21-22,32-34,39-41H2,1-2H3. The molecule has 4 fully saturated rings. The molecule has 65 heavy (non-hydrogen) atoms. The fourth-order valence-electron chi connectivity index (χ4n) is 13.9. The number of hydrogen-bond acceptors (Lipinski definition) is 2. The number of para-hydroxylation sites is 1. The second-order valence-corrected chi connectivity index (χ2v) is 21.1. The van der Waals surface area contributed by atoms with Crippen LogP contribution in [0.5, 0.6) is 0 Å². The number of benzene rings is 8. The number of nitrogens with zero attached hydrogens (tertiary/aromatic N) is 2. The van der Waals surface area contributed by atoms with E-state index in [2.05, 4.69) is 200 Å². The molecule has 0 unspecified atom stereocenters. The predicted octanol–water partition coefficient (Wildman–Crippen LogP) is 16.4. The molecule has 0 saturated heterocycles. The van der Waals surface area contributed by atoms with Crippen LogP contribution in [0.25, 0.3) is 21.9 Å². The van der Waals surface area contributed by atoms with Crippen LogP contribution in [-0.4, -0.2) is 0 Å². The Morgan fingerprint density at radius 3 is 1.60 bits per heavy atom. The molecule has 8 aromatic carbocycles. The fraction of sp³-hybridized carbons (Fsp3) is 0.270. The van der Waals surface area contributed by atoms with Gasteiger partial charge in [0, 0.05) is 39.5 Å². The van der Waals surface area contributed by atoms with Gasteiger partial charge >= 0.3 is 0 Å². The molecule has 0 spiro atoms. The van der Waals surface area contributed by atoms with Crippen LogP contribution < -0.4 is 9.80 Å². The summed E-state index contributed by atoms with van der Waals surface area (Å²) in [5, 5.41) is 2.52. The zero-order valence-corrected chi connectivity index (χ0v) is 37.9. The summed E-state index contributed by atoms with van der Waals surface area (Å²) in [5.41, 5.74) is 20.4. The third-order valence-corrected chi connectivity index (χ3v) is 16.8. The normalized spacial score (nSPS) is 22.0. The maximum atomic E-state index is 2.56.